The molecule has 1 aromatic carbocycles. The SMILES string of the molecule is COC(=O)C(C)(C)NC(=O)C1(c2ccc(N)cc2)CC1. The first-order valence-electron chi connectivity index (χ1n) is 6.59. The summed E-state index contributed by atoms with van der Waals surface area (Å²) in [4.78, 5) is 24.1. The summed E-state index contributed by atoms with van der Waals surface area (Å²) in [5, 5.41) is 2.78. The summed E-state index contributed by atoms with van der Waals surface area (Å²) in [6.45, 7) is 3.27. The van der Waals surface area contributed by atoms with Crippen LogP contribution >= 0.6 is 0 Å². The van der Waals surface area contributed by atoms with Crippen LogP contribution in [0.2, 0.25) is 0 Å². The highest BCUT2D eigenvalue weighted by Gasteiger charge is 2.52. The van der Waals surface area contributed by atoms with Crippen molar-refractivity contribution in [3.63, 3.8) is 0 Å². The van der Waals surface area contributed by atoms with Crippen LogP contribution < -0.4 is 11.1 Å². The van der Waals surface area contributed by atoms with Crippen molar-refractivity contribution < 1.29 is 14.3 Å². The molecule has 1 saturated carbocycles. The van der Waals surface area contributed by atoms with Crippen LogP contribution in [0, 0.1) is 0 Å². The van der Waals surface area contributed by atoms with Gasteiger partial charge in [-0.15, -0.1) is 0 Å². The number of anilines is 1. The van der Waals surface area contributed by atoms with Crippen LogP contribution in [0.3, 0.4) is 0 Å². The first-order chi connectivity index (χ1) is 9.32. The molecule has 5 nitrogen and oxygen atoms in total. The van der Waals surface area contributed by atoms with Crippen LogP contribution in [0.1, 0.15) is 32.3 Å². The van der Waals surface area contributed by atoms with E-state index in [0.717, 1.165) is 18.4 Å². The molecular formula is C15H20N2O3. The van der Waals surface area contributed by atoms with Gasteiger partial charge in [0.2, 0.25) is 5.91 Å². The van der Waals surface area contributed by atoms with Crippen molar-refractivity contribution in [2.24, 2.45) is 0 Å². The van der Waals surface area contributed by atoms with E-state index in [0.29, 0.717) is 5.69 Å². The first kappa shape index (κ1) is 14.4. The third kappa shape index (κ3) is 2.48. The molecule has 1 fully saturated rings. The molecule has 20 heavy (non-hydrogen) atoms. The van der Waals surface area contributed by atoms with Crippen molar-refractivity contribution >= 4 is 17.6 Å². The molecule has 1 aliphatic rings. The minimum atomic E-state index is -1.03. The molecule has 1 aliphatic carbocycles. The molecule has 5 heteroatoms. The van der Waals surface area contributed by atoms with E-state index in [9.17, 15) is 9.59 Å². The van der Waals surface area contributed by atoms with E-state index in [4.69, 9.17) is 10.5 Å². The average Bonchev–Trinajstić information content (AvgIpc) is 3.19. The van der Waals surface area contributed by atoms with E-state index >= 15 is 0 Å². The van der Waals surface area contributed by atoms with Gasteiger partial charge in [0.1, 0.15) is 5.54 Å². The van der Waals surface area contributed by atoms with Crippen LogP contribution in [0.15, 0.2) is 24.3 Å². The molecule has 2 rings (SSSR count). The Labute approximate surface area is 118 Å². The van der Waals surface area contributed by atoms with Gasteiger partial charge in [-0.1, -0.05) is 12.1 Å². The summed E-state index contributed by atoms with van der Waals surface area (Å²) in [7, 11) is 1.31. The Bertz CT molecular complexity index is 531. The maximum Gasteiger partial charge on any atom is 0.330 e. The van der Waals surface area contributed by atoms with Crippen molar-refractivity contribution in [1.82, 2.24) is 5.32 Å². The van der Waals surface area contributed by atoms with Gasteiger partial charge in [0.25, 0.3) is 0 Å². The number of benzene rings is 1. The molecule has 108 valence electrons. The summed E-state index contributed by atoms with van der Waals surface area (Å²) in [6.07, 6.45) is 1.56. The predicted molar refractivity (Wildman–Crippen MR) is 76.0 cm³/mol. The standard InChI is InChI=1S/C15H20N2O3/c1-14(2,13(19)20-3)17-12(18)15(8-9-15)10-4-6-11(16)7-5-10/h4-7H,8-9,16H2,1-3H3,(H,17,18). The van der Waals surface area contributed by atoms with Crippen LogP contribution in [0.5, 0.6) is 0 Å². The van der Waals surface area contributed by atoms with Gasteiger partial charge in [0, 0.05) is 5.69 Å². The van der Waals surface area contributed by atoms with E-state index in [2.05, 4.69) is 5.32 Å². The fourth-order valence-electron chi connectivity index (χ4n) is 2.28. The zero-order chi connectivity index (χ0) is 15.0. The van der Waals surface area contributed by atoms with E-state index in [1.54, 1.807) is 26.0 Å². The van der Waals surface area contributed by atoms with Crippen molar-refractivity contribution in [2.45, 2.75) is 37.6 Å². The number of carbonyl (C=O) groups excluding carboxylic acids is 2. The van der Waals surface area contributed by atoms with Gasteiger partial charge < -0.3 is 15.8 Å². The highest BCUT2D eigenvalue weighted by atomic mass is 16.5. The Balaban J connectivity index is 2.17. The number of hydrogen-bond acceptors (Lipinski definition) is 4. The minimum absolute atomic E-state index is 0.141. The predicted octanol–water partition coefficient (Wildman–Crippen LogP) is 1.37. The zero-order valence-corrected chi connectivity index (χ0v) is 12.0. The van der Waals surface area contributed by atoms with Crippen LogP contribution in [0.25, 0.3) is 0 Å². The number of carbonyl (C=O) groups is 2. The number of ether oxygens (including phenoxy) is 1. The van der Waals surface area contributed by atoms with Crippen LogP contribution in [-0.2, 0) is 19.7 Å². The number of hydrogen-bond donors (Lipinski definition) is 2. The number of nitrogen functional groups attached to an aromatic ring is 1. The maximum absolute atomic E-state index is 12.5. The molecule has 0 aromatic heterocycles. The van der Waals surface area contributed by atoms with Crippen molar-refractivity contribution in [3.05, 3.63) is 29.8 Å². The van der Waals surface area contributed by atoms with Gasteiger partial charge in [-0.3, -0.25) is 4.79 Å². The number of amides is 1. The third-order valence-corrected chi connectivity index (χ3v) is 3.77. The Morgan fingerprint density at radius 1 is 1.25 bits per heavy atom. The van der Waals surface area contributed by atoms with Gasteiger partial charge in [-0.25, -0.2) is 4.79 Å². The van der Waals surface area contributed by atoms with Crippen LogP contribution in [0.4, 0.5) is 5.69 Å². The molecule has 0 aliphatic heterocycles. The first-order valence-corrected chi connectivity index (χ1v) is 6.59. The summed E-state index contributed by atoms with van der Waals surface area (Å²) in [6, 6.07) is 7.31. The largest absolute Gasteiger partial charge is 0.467 e. The van der Waals surface area contributed by atoms with Crippen molar-refractivity contribution in [2.75, 3.05) is 12.8 Å². The van der Waals surface area contributed by atoms with Gasteiger partial charge >= 0.3 is 5.97 Å². The summed E-state index contributed by atoms with van der Waals surface area (Å²) in [5.74, 6) is -0.600. The number of rotatable bonds is 4. The lowest BCUT2D eigenvalue weighted by Crippen LogP contribution is -2.53. The highest BCUT2D eigenvalue weighted by molar-refractivity contribution is 5.95. The third-order valence-electron chi connectivity index (χ3n) is 3.77. The van der Waals surface area contributed by atoms with Crippen molar-refractivity contribution in [3.8, 4) is 0 Å². The van der Waals surface area contributed by atoms with E-state index in [1.807, 2.05) is 12.1 Å². The second-order valence-corrected chi connectivity index (χ2v) is 5.77. The Kier molecular flexibility index (Phi) is 3.46. The van der Waals surface area contributed by atoms with E-state index < -0.39 is 16.9 Å². The molecule has 0 atom stereocenters. The fourth-order valence-corrected chi connectivity index (χ4v) is 2.28. The highest BCUT2D eigenvalue weighted by Crippen LogP contribution is 2.48. The molecule has 3 N–H and O–H groups in total. The number of esters is 1. The molecule has 0 unspecified atom stereocenters. The Morgan fingerprint density at radius 3 is 2.25 bits per heavy atom. The smallest absolute Gasteiger partial charge is 0.330 e. The lowest BCUT2D eigenvalue weighted by atomic mass is 9.93. The van der Waals surface area contributed by atoms with Crippen LogP contribution in [-0.4, -0.2) is 24.5 Å². The number of nitrogens with two attached hydrogens (primary N) is 1. The quantitative estimate of drug-likeness (QED) is 0.643. The Hall–Kier alpha value is -2.04. The van der Waals surface area contributed by atoms with E-state index in [1.165, 1.54) is 7.11 Å². The number of nitrogens with one attached hydrogen (secondary N) is 1. The monoisotopic (exact) mass is 276 g/mol. The van der Waals surface area contributed by atoms with Gasteiger partial charge in [-0.2, -0.15) is 0 Å². The molecule has 0 radical (unpaired) electrons. The molecule has 1 aromatic rings. The molecular weight excluding hydrogens is 256 g/mol. The second kappa shape index (κ2) is 4.81. The minimum Gasteiger partial charge on any atom is -0.467 e. The summed E-state index contributed by atoms with van der Waals surface area (Å²) >= 11 is 0. The molecule has 1 amide bonds. The topological polar surface area (TPSA) is 81.4 Å². The average molecular weight is 276 g/mol. The molecule has 0 saturated heterocycles. The molecule has 0 heterocycles. The molecule has 0 spiro atoms. The van der Waals surface area contributed by atoms with Gasteiger partial charge in [-0.05, 0) is 44.4 Å². The van der Waals surface area contributed by atoms with Crippen molar-refractivity contribution in [1.29, 1.82) is 0 Å². The lowest BCUT2D eigenvalue weighted by molar-refractivity contribution is -0.149. The fraction of sp³-hybridized carbons (Fsp3) is 0.467. The molecule has 0 bridgehead atoms. The van der Waals surface area contributed by atoms with Gasteiger partial charge in [0.15, 0.2) is 0 Å². The van der Waals surface area contributed by atoms with Gasteiger partial charge in [0.05, 0.1) is 12.5 Å². The summed E-state index contributed by atoms with van der Waals surface area (Å²) < 4.78 is 4.70. The normalized spacial score (nSPS) is 16.4. The Morgan fingerprint density at radius 2 is 1.80 bits per heavy atom. The summed E-state index contributed by atoms with van der Waals surface area (Å²) in [5.41, 5.74) is 5.70. The number of methoxy groups -OCH3 is 1. The van der Waals surface area contributed by atoms with E-state index in [-0.39, 0.29) is 5.91 Å². The second-order valence-electron chi connectivity index (χ2n) is 5.77. The maximum atomic E-state index is 12.5. The lowest BCUT2D eigenvalue weighted by Gasteiger charge is -2.26. The zero-order valence-electron chi connectivity index (χ0n) is 12.0.